The van der Waals surface area contributed by atoms with Gasteiger partial charge in [0, 0.05) is 17.4 Å². The van der Waals surface area contributed by atoms with Crippen LogP contribution in [0.1, 0.15) is 46.6 Å². The Hall–Kier alpha value is -4.63. The van der Waals surface area contributed by atoms with Gasteiger partial charge in [-0.25, -0.2) is 32.3 Å². The number of methoxy groups -OCH3 is 1. The lowest BCUT2D eigenvalue weighted by Crippen LogP contribution is -2.27. The van der Waals surface area contributed by atoms with Crippen LogP contribution < -0.4 is 9.47 Å². The van der Waals surface area contributed by atoms with Crippen molar-refractivity contribution in [3.8, 4) is 22.3 Å². The zero-order valence-corrected chi connectivity index (χ0v) is 24.9. The molecule has 0 bridgehead atoms. The number of hydrogen-bond donors (Lipinski definition) is 1. The topological polar surface area (TPSA) is 121 Å². The summed E-state index contributed by atoms with van der Waals surface area (Å²) in [5, 5.41) is 17.8. The van der Waals surface area contributed by atoms with E-state index in [1.807, 2.05) is 13.8 Å². The molecule has 3 aromatic heterocycles. The molecule has 6 rings (SSSR count). The fourth-order valence-corrected chi connectivity index (χ4v) is 5.82. The van der Waals surface area contributed by atoms with Crippen LogP contribution in [0.25, 0.3) is 22.3 Å². The third kappa shape index (κ3) is 5.80. The summed E-state index contributed by atoms with van der Waals surface area (Å²) < 4.78 is 78.4. The van der Waals surface area contributed by atoms with E-state index in [-0.39, 0.29) is 58.9 Å². The zero-order chi connectivity index (χ0) is 32.0. The van der Waals surface area contributed by atoms with Crippen LogP contribution in [-0.2, 0) is 17.8 Å². The Morgan fingerprint density at radius 1 is 1.07 bits per heavy atom. The molecule has 15 heteroatoms. The molecule has 1 atom stereocenters. The summed E-state index contributed by atoms with van der Waals surface area (Å²) in [5.74, 6) is -4.89. The lowest BCUT2D eigenvalue weighted by Gasteiger charge is -2.28. The van der Waals surface area contributed by atoms with E-state index in [9.17, 15) is 14.3 Å². The van der Waals surface area contributed by atoms with Crippen molar-refractivity contribution >= 4 is 28.3 Å². The zero-order valence-electron chi connectivity index (χ0n) is 24.1. The Balaban J connectivity index is 1.35. The molecule has 10 nitrogen and oxygen atoms in total. The fraction of sp³-hybridized carbons (Fsp3) is 0.300. The molecule has 0 spiro atoms. The standard InChI is InChI=1S/C30H25F4N5O5S/c1-30(2)13-43-11-23(30)39-22-8-15(28(40)41)7-20(34)26(22)36-24(39)9-14-6-19(33)16(10-18(14)32)21-5-4-17(31)27(35-21)44-12-25-37-38-29(42-3)45-25/h4-8,10,23H,9,11-13H2,1-3H3,(H,40,41)/t23-/m1/s1. The maximum absolute atomic E-state index is 15.6. The number of aromatic nitrogens is 5. The van der Waals surface area contributed by atoms with Crippen LogP contribution in [0.4, 0.5) is 17.6 Å². The highest BCUT2D eigenvalue weighted by molar-refractivity contribution is 7.13. The highest BCUT2D eigenvalue weighted by atomic mass is 32.1. The Morgan fingerprint density at radius 3 is 2.56 bits per heavy atom. The number of nitrogens with zero attached hydrogens (tertiary/aromatic N) is 5. The second kappa shape index (κ2) is 11.7. The van der Waals surface area contributed by atoms with E-state index in [0.29, 0.717) is 16.8 Å². The molecule has 45 heavy (non-hydrogen) atoms. The third-order valence-electron chi connectivity index (χ3n) is 7.56. The predicted octanol–water partition coefficient (Wildman–Crippen LogP) is 5.98. The third-order valence-corrected chi connectivity index (χ3v) is 8.42. The quantitative estimate of drug-likeness (QED) is 0.193. The molecule has 0 radical (unpaired) electrons. The number of fused-ring (bicyclic) bond motifs is 1. The number of aromatic carboxylic acids is 1. The molecular weight excluding hydrogens is 618 g/mol. The van der Waals surface area contributed by atoms with Crippen LogP contribution in [0.3, 0.4) is 0 Å². The number of imidazole rings is 1. The van der Waals surface area contributed by atoms with Gasteiger partial charge in [0.1, 0.15) is 29.6 Å². The van der Waals surface area contributed by atoms with E-state index in [1.165, 1.54) is 19.2 Å². The van der Waals surface area contributed by atoms with Crippen LogP contribution in [-0.4, -0.2) is 56.1 Å². The van der Waals surface area contributed by atoms with Crippen molar-refractivity contribution in [3.63, 3.8) is 0 Å². The molecule has 4 heterocycles. The first-order valence-corrected chi connectivity index (χ1v) is 14.4. The van der Waals surface area contributed by atoms with Crippen molar-refractivity contribution in [2.24, 2.45) is 5.41 Å². The fourth-order valence-electron chi connectivity index (χ4n) is 5.25. The number of halogens is 4. The normalized spacial score (nSPS) is 15.9. The average Bonchev–Trinajstić information content (AvgIpc) is 3.70. The lowest BCUT2D eigenvalue weighted by molar-refractivity contribution is 0.0696. The van der Waals surface area contributed by atoms with Crippen molar-refractivity contribution in [2.45, 2.75) is 32.9 Å². The second-order valence-electron chi connectivity index (χ2n) is 11.1. The van der Waals surface area contributed by atoms with Crippen LogP contribution >= 0.6 is 11.3 Å². The van der Waals surface area contributed by atoms with Gasteiger partial charge in [-0.1, -0.05) is 30.3 Å². The minimum atomic E-state index is -1.32. The highest BCUT2D eigenvalue weighted by Crippen LogP contribution is 2.41. The van der Waals surface area contributed by atoms with Gasteiger partial charge in [0.2, 0.25) is 0 Å². The predicted molar refractivity (Wildman–Crippen MR) is 153 cm³/mol. The maximum Gasteiger partial charge on any atom is 0.335 e. The summed E-state index contributed by atoms with van der Waals surface area (Å²) in [6, 6.07) is 5.92. The van der Waals surface area contributed by atoms with E-state index < -0.39 is 46.6 Å². The summed E-state index contributed by atoms with van der Waals surface area (Å²) in [6.07, 6.45) is -0.247. The van der Waals surface area contributed by atoms with Crippen LogP contribution in [0.5, 0.6) is 11.1 Å². The Kier molecular flexibility index (Phi) is 7.91. The van der Waals surface area contributed by atoms with E-state index in [2.05, 4.69) is 20.2 Å². The van der Waals surface area contributed by atoms with Gasteiger partial charge in [-0.3, -0.25) is 0 Å². The van der Waals surface area contributed by atoms with Crippen LogP contribution in [0.15, 0.2) is 36.4 Å². The van der Waals surface area contributed by atoms with E-state index in [0.717, 1.165) is 35.6 Å². The number of benzene rings is 2. The van der Waals surface area contributed by atoms with Crippen LogP contribution in [0, 0.1) is 28.7 Å². The molecule has 234 valence electrons. The average molecular weight is 644 g/mol. The van der Waals surface area contributed by atoms with Crippen molar-refractivity contribution in [1.82, 2.24) is 24.7 Å². The summed E-state index contributed by atoms with van der Waals surface area (Å²) in [5.41, 5.74) is -1.03. The Bertz CT molecular complexity index is 1950. The smallest absolute Gasteiger partial charge is 0.335 e. The number of pyridine rings is 1. The lowest BCUT2D eigenvalue weighted by atomic mass is 9.87. The van der Waals surface area contributed by atoms with Gasteiger partial charge in [-0.15, -0.1) is 5.10 Å². The molecule has 0 unspecified atom stereocenters. The van der Waals surface area contributed by atoms with Gasteiger partial charge in [-0.2, -0.15) is 0 Å². The van der Waals surface area contributed by atoms with Gasteiger partial charge >= 0.3 is 5.97 Å². The number of carboxylic acid groups (broad SMARTS) is 1. The first kappa shape index (κ1) is 30.4. The van der Waals surface area contributed by atoms with Gasteiger partial charge < -0.3 is 23.9 Å². The summed E-state index contributed by atoms with van der Waals surface area (Å²) in [7, 11) is 1.42. The van der Waals surface area contributed by atoms with Gasteiger partial charge in [0.25, 0.3) is 11.1 Å². The molecule has 1 aliphatic rings. The molecule has 2 aromatic carbocycles. The summed E-state index contributed by atoms with van der Waals surface area (Å²) >= 11 is 1.09. The first-order chi connectivity index (χ1) is 21.4. The van der Waals surface area contributed by atoms with Crippen molar-refractivity contribution in [2.75, 3.05) is 20.3 Å². The summed E-state index contributed by atoms with van der Waals surface area (Å²) in [6.45, 7) is 4.30. The van der Waals surface area contributed by atoms with Crippen molar-refractivity contribution in [1.29, 1.82) is 0 Å². The Morgan fingerprint density at radius 2 is 1.87 bits per heavy atom. The largest absolute Gasteiger partial charge is 0.478 e. The van der Waals surface area contributed by atoms with Crippen molar-refractivity contribution < 1.29 is 41.7 Å². The molecule has 1 fully saturated rings. The number of hydrogen-bond acceptors (Lipinski definition) is 9. The van der Waals surface area contributed by atoms with E-state index in [1.54, 1.807) is 4.57 Å². The van der Waals surface area contributed by atoms with E-state index >= 15 is 13.2 Å². The van der Waals surface area contributed by atoms with Gasteiger partial charge in [-0.05, 0) is 42.0 Å². The molecule has 0 aliphatic carbocycles. The molecule has 0 amide bonds. The number of carboxylic acids is 1. The van der Waals surface area contributed by atoms with Crippen LogP contribution in [0.2, 0.25) is 0 Å². The van der Waals surface area contributed by atoms with E-state index in [4.69, 9.17) is 14.2 Å². The SMILES string of the molecule is COc1nnc(COc2nc(-c3cc(F)c(Cc4nc5c(F)cc(C(=O)O)cc5n4[C@@H]4COCC4(C)C)cc3F)ccc2F)s1. The molecular formula is C30H25F4N5O5S. The highest BCUT2D eigenvalue weighted by Gasteiger charge is 2.39. The second-order valence-corrected chi connectivity index (χ2v) is 12.1. The minimum absolute atomic E-state index is 0.0791. The first-order valence-electron chi connectivity index (χ1n) is 13.6. The molecule has 1 aliphatic heterocycles. The monoisotopic (exact) mass is 643 g/mol. The molecule has 1 N–H and O–H groups in total. The summed E-state index contributed by atoms with van der Waals surface area (Å²) in [4.78, 5) is 20.1. The molecule has 1 saturated heterocycles. The van der Waals surface area contributed by atoms with Gasteiger partial charge in [0.15, 0.2) is 16.6 Å². The number of carbonyl (C=O) groups is 1. The Labute approximate surface area is 257 Å². The molecule has 0 saturated carbocycles. The maximum atomic E-state index is 15.6. The van der Waals surface area contributed by atoms with Gasteiger partial charge in [0.05, 0.1) is 43.1 Å². The number of ether oxygens (including phenoxy) is 3. The number of rotatable bonds is 9. The minimum Gasteiger partial charge on any atom is -0.478 e. The molecule has 5 aromatic rings. The van der Waals surface area contributed by atoms with Crippen molar-refractivity contribution in [3.05, 3.63) is 81.6 Å².